The number of hydrogen-bond donors (Lipinski definition) is 1. The third-order valence-electron chi connectivity index (χ3n) is 2.34. The molecule has 0 aromatic heterocycles. The minimum atomic E-state index is -0.454. The Morgan fingerprint density at radius 3 is 2.63 bits per heavy atom. The molecule has 2 aromatic rings. The third-order valence-corrected chi connectivity index (χ3v) is 2.87. The average Bonchev–Trinajstić information content (AvgIpc) is 2.41. The minimum absolute atomic E-state index is 0.230. The number of nitrogens with zero attached hydrogens (tertiary/aromatic N) is 1. The van der Waals surface area contributed by atoms with Crippen molar-refractivity contribution in [2.24, 2.45) is 5.10 Å². The van der Waals surface area contributed by atoms with Gasteiger partial charge < -0.3 is 0 Å². The molecule has 19 heavy (non-hydrogen) atoms. The van der Waals surface area contributed by atoms with Crippen molar-refractivity contribution >= 4 is 28.1 Å². The summed E-state index contributed by atoms with van der Waals surface area (Å²) in [7, 11) is 0. The van der Waals surface area contributed by atoms with Crippen LogP contribution in [0.15, 0.2) is 58.1 Å². The van der Waals surface area contributed by atoms with E-state index in [0.29, 0.717) is 0 Å². The van der Waals surface area contributed by atoms with E-state index in [1.165, 1.54) is 24.4 Å². The zero-order valence-corrected chi connectivity index (χ0v) is 11.4. The van der Waals surface area contributed by atoms with Gasteiger partial charge in [0.25, 0.3) is 5.91 Å². The summed E-state index contributed by atoms with van der Waals surface area (Å²) in [6, 6.07) is 12.9. The third kappa shape index (κ3) is 3.99. The molecule has 5 heteroatoms. The Kier molecular flexibility index (Phi) is 4.41. The SMILES string of the molecule is O=C(NN=Cc1ccc(Br)cc1)c1cccc(F)c1. The lowest BCUT2D eigenvalue weighted by atomic mass is 10.2. The van der Waals surface area contributed by atoms with Gasteiger partial charge in [-0.05, 0) is 35.9 Å². The topological polar surface area (TPSA) is 41.5 Å². The smallest absolute Gasteiger partial charge is 0.267 e. The Bertz CT molecular complexity index is 611. The molecule has 2 rings (SSSR count). The first kappa shape index (κ1) is 13.4. The van der Waals surface area contributed by atoms with Gasteiger partial charge >= 0.3 is 0 Å². The molecule has 0 saturated heterocycles. The minimum Gasteiger partial charge on any atom is -0.267 e. The number of hydrazone groups is 1. The molecule has 0 bridgehead atoms. The molecule has 0 aliphatic heterocycles. The van der Waals surface area contributed by atoms with E-state index in [1.807, 2.05) is 24.3 Å². The predicted octanol–water partition coefficient (Wildman–Crippen LogP) is 3.35. The lowest BCUT2D eigenvalue weighted by Crippen LogP contribution is -2.17. The standard InChI is InChI=1S/C14H10BrFN2O/c15-12-6-4-10(5-7-12)9-17-18-14(19)11-2-1-3-13(16)8-11/h1-9H,(H,18,19). The molecular weight excluding hydrogens is 311 g/mol. The molecule has 1 N–H and O–H groups in total. The van der Waals surface area contributed by atoms with Crippen molar-refractivity contribution in [1.82, 2.24) is 5.43 Å². The van der Waals surface area contributed by atoms with Gasteiger partial charge in [0.15, 0.2) is 0 Å². The van der Waals surface area contributed by atoms with E-state index >= 15 is 0 Å². The first-order valence-corrected chi connectivity index (χ1v) is 6.29. The second-order valence-corrected chi connectivity index (χ2v) is 4.68. The molecule has 0 saturated carbocycles. The van der Waals surface area contributed by atoms with Crippen LogP contribution in [0.2, 0.25) is 0 Å². The van der Waals surface area contributed by atoms with E-state index < -0.39 is 11.7 Å². The first-order valence-electron chi connectivity index (χ1n) is 5.50. The van der Waals surface area contributed by atoms with Crippen LogP contribution in [0.25, 0.3) is 0 Å². The summed E-state index contributed by atoms with van der Waals surface area (Å²) in [6.45, 7) is 0. The van der Waals surface area contributed by atoms with Gasteiger partial charge in [-0.15, -0.1) is 0 Å². The van der Waals surface area contributed by atoms with Gasteiger partial charge in [0.05, 0.1) is 6.21 Å². The van der Waals surface area contributed by atoms with E-state index in [2.05, 4.69) is 26.5 Å². The first-order chi connectivity index (χ1) is 9.15. The second-order valence-electron chi connectivity index (χ2n) is 3.76. The summed E-state index contributed by atoms with van der Waals surface area (Å²) in [4.78, 5) is 11.6. The van der Waals surface area contributed by atoms with Crippen molar-refractivity contribution in [1.29, 1.82) is 0 Å². The maximum absolute atomic E-state index is 12.9. The van der Waals surface area contributed by atoms with Crippen LogP contribution in [-0.4, -0.2) is 12.1 Å². The average molecular weight is 321 g/mol. The Balaban J connectivity index is 1.98. The number of amides is 1. The number of benzene rings is 2. The van der Waals surface area contributed by atoms with Crippen LogP contribution in [0, 0.1) is 5.82 Å². The molecule has 0 unspecified atom stereocenters. The number of hydrogen-bond acceptors (Lipinski definition) is 2. The quantitative estimate of drug-likeness (QED) is 0.684. The Morgan fingerprint density at radius 1 is 1.21 bits per heavy atom. The maximum atomic E-state index is 12.9. The fourth-order valence-electron chi connectivity index (χ4n) is 1.41. The van der Waals surface area contributed by atoms with Gasteiger partial charge in [-0.1, -0.05) is 34.1 Å². The summed E-state index contributed by atoms with van der Waals surface area (Å²) >= 11 is 3.32. The molecule has 1 amide bonds. The number of rotatable bonds is 3. The molecule has 0 heterocycles. The van der Waals surface area contributed by atoms with Crippen molar-refractivity contribution in [2.45, 2.75) is 0 Å². The van der Waals surface area contributed by atoms with Crippen LogP contribution in [0.4, 0.5) is 4.39 Å². The van der Waals surface area contributed by atoms with Gasteiger partial charge in [-0.2, -0.15) is 5.10 Å². The molecule has 0 aliphatic carbocycles. The van der Waals surface area contributed by atoms with Crippen molar-refractivity contribution in [3.8, 4) is 0 Å². The maximum Gasteiger partial charge on any atom is 0.271 e. The lowest BCUT2D eigenvalue weighted by molar-refractivity contribution is 0.0954. The largest absolute Gasteiger partial charge is 0.271 e. The van der Waals surface area contributed by atoms with Gasteiger partial charge in [-0.25, -0.2) is 9.82 Å². The number of carbonyl (C=O) groups excluding carboxylic acids is 1. The van der Waals surface area contributed by atoms with Crippen molar-refractivity contribution in [2.75, 3.05) is 0 Å². The Morgan fingerprint density at radius 2 is 1.95 bits per heavy atom. The highest BCUT2D eigenvalue weighted by Gasteiger charge is 2.04. The number of carbonyl (C=O) groups is 1. The Labute approximate surface area is 118 Å². The summed E-state index contributed by atoms with van der Waals surface area (Å²) in [5.41, 5.74) is 3.42. The predicted molar refractivity (Wildman–Crippen MR) is 75.6 cm³/mol. The van der Waals surface area contributed by atoms with E-state index in [4.69, 9.17) is 0 Å². The molecule has 96 valence electrons. The van der Waals surface area contributed by atoms with Gasteiger partial charge in [0.1, 0.15) is 5.82 Å². The molecule has 3 nitrogen and oxygen atoms in total. The monoisotopic (exact) mass is 320 g/mol. The molecule has 0 spiro atoms. The highest BCUT2D eigenvalue weighted by atomic mass is 79.9. The van der Waals surface area contributed by atoms with E-state index in [1.54, 1.807) is 0 Å². The van der Waals surface area contributed by atoms with Crippen molar-refractivity contribution in [3.63, 3.8) is 0 Å². The molecule has 2 aromatic carbocycles. The fourth-order valence-corrected chi connectivity index (χ4v) is 1.67. The molecule has 0 aliphatic rings. The molecule has 0 radical (unpaired) electrons. The van der Waals surface area contributed by atoms with E-state index in [9.17, 15) is 9.18 Å². The van der Waals surface area contributed by atoms with E-state index in [-0.39, 0.29) is 5.56 Å². The Hall–Kier alpha value is -2.01. The fraction of sp³-hybridized carbons (Fsp3) is 0. The summed E-state index contributed by atoms with van der Waals surface area (Å²) < 4.78 is 13.9. The highest BCUT2D eigenvalue weighted by Crippen LogP contribution is 2.09. The second kappa shape index (κ2) is 6.24. The van der Waals surface area contributed by atoms with Crippen molar-refractivity contribution in [3.05, 3.63) is 69.9 Å². The van der Waals surface area contributed by atoms with Crippen LogP contribution in [-0.2, 0) is 0 Å². The van der Waals surface area contributed by atoms with Crippen molar-refractivity contribution < 1.29 is 9.18 Å². The summed E-state index contributed by atoms with van der Waals surface area (Å²) in [5.74, 6) is -0.905. The normalized spacial score (nSPS) is 10.6. The highest BCUT2D eigenvalue weighted by molar-refractivity contribution is 9.10. The number of halogens is 2. The summed E-state index contributed by atoms with van der Waals surface area (Å²) in [6.07, 6.45) is 1.52. The van der Waals surface area contributed by atoms with Gasteiger partial charge in [0.2, 0.25) is 0 Å². The zero-order chi connectivity index (χ0) is 13.7. The van der Waals surface area contributed by atoms with Crippen LogP contribution in [0.5, 0.6) is 0 Å². The van der Waals surface area contributed by atoms with Crippen LogP contribution in [0.3, 0.4) is 0 Å². The van der Waals surface area contributed by atoms with E-state index in [0.717, 1.165) is 16.1 Å². The van der Waals surface area contributed by atoms with Crippen LogP contribution in [0.1, 0.15) is 15.9 Å². The van der Waals surface area contributed by atoms with Gasteiger partial charge in [0, 0.05) is 10.0 Å². The molecule has 0 atom stereocenters. The lowest BCUT2D eigenvalue weighted by Gasteiger charge is -1.99. The number of nitrogens with one attached hydrogen (secondary N) is 1. The van der Waals surface area contributed by atoms with Gasteiger partial charge in [-0.3, -0.25) is 4.79 Å². The zero-order valence-electron chi connectivity index (χ0n) is 9.81. The van der Waals surface area contributed by atoms with Crippen LogP contribution < -0.4 is 5.43 Å². The van der Waals surface area contributed by atoms with Crippen LogP contribution >= 0.6 is 15.9 Å². The molecule has 0 fully saturated rings. The molecular formula is C14H10BrFN2O. The summed E-state index contributed by atoms with van der Waals surface area (Å²) in [5, 5.41) is 3.81.